The van der Waals surface area contributed by atoms with Crippen molar-refractivity contribution in [2.45, 2.75) is 19.9 Å². The van der Waals surface area contributed by atoms with E-state index in [1.165, 1.54) is 0 Å². The molecule has 0 spiro atoms. The van der Waals surface area contributed by atoms with Gasteiger partial charge in [0.2, 0.25) is 0 Å². The maximum absolute atomic E-state index is 13.6. The Morgan fingerprint density at radius 1 is 1.20 bits per heavy atom. The molecule has 3 aromatic rings. The van der Waals surface area contributed by atoms with E-state index in [0.29, 0.717) is 36.0 Å². The van der Waals surface area contributed by atoms with E-state index in [1.807, 2.05) is 36.4 Å². The molecule has 1 aromatic heterocycles. The largest absolute Gasteiger partial charge is 0.486 e. The number of rotatable bonds is 3. The van der Waals surface area contributed by atoms with E-state index in [0.717, 1.165) is 52.7 Å². The fraction of sp³-hybridized carbons (Fsp3) is 0.304. The number of nitrogens with one attached hydrogen (secondary N) is 1. The number of benzene rings is 2. The van der Waals surface area contributed by atoms with E-state index < -0.39 is 0 Å². The topological polar surface area (TPSA) is 63.7 Å². The van der Waals surface area contributed by atoms with Crippen LogP contribution >= 0.6 is 15.9 Å². The molecule has 0 radical (unpaired) electrons. The van der Waals surface area contributed by atoms with Crippen molar-refractivity contribution in [3.05, 3.63) is 57.7 Å². The Morgan fingerprint density at radius 3 is 2.77 bits per heavy atom. The van der Waals surface area contributed by atoms with Gasteiger partial charge in [-0.3, -0.25) is 14.7 Å². The van der Waals surface area contributed by atoms with Gasteiger partial charge in [-0.15, -0.1) is 0 Å². The molecule has 5 rings (SSSR count). The fourth-order valence-corrected chi connectivity index (χ4v) is 4.54. The summed E-state index contributed by atoms with van der Waals surface area (Å²) in [4.78, 5) is 20.8. The molecule has 2 aliphatic heterocycles. The van der Waals surface area contributed by atoms with E-state index in [2.05, 4.69) is 33.1 Å². The normalized spacial score (nSPS) is 15.7. The zero-order valence-electron chi connectivity index (χ0n) is 16.7. The van der Waals surface area contributed by atoms with Gasteiger partial charge >= 0.3 is 0 Å². The lowest BCUT2D eigenvalue weighted by molar-refractivity contribution is 0.102. The van der Waals surface area contributed by atoms with Crippen molar-refractivity contribution in [1.29, 1.82) is 0 Å². The van der Waals surface area contributed by atoms with E-state index in [-0.39, 0.29) is 5.91 Å². The Morgan fingerprint density at radius 2 is 1.97 bits per heavy atom. The van der Waals surface area contributed by atoms with Gasteiger partial charge in [-0.2, -0.15) is 0 Å². The summed E-state index contributed by atoms with van der Waals surface area (Å²) in [6.07, 6.45) is 0.849. The van der Waals surface area contributed by atoms with E-state index in [4.69, 9.17) is 14.5 Å². The number of para-hydroxylation sites is 1. The molecule has 7 heteroatoms. The quantitative estimate of drug-likeness (QED) is 0.618. The number of hydrogen-bond acceptors (Lipinski definition) is 5. The van der Waals surface area contributed by atoms with Crippen LogP contribution in [0.1, 0.15) is 28.5 Å². The van der Waals surface area contributed by atoms with Crippen molar-refractivity contribution in [2.24, 2.45) is 0 Å². The van der Waals surface area contributed by atoms with Gasteiger partial charge in [0.15, 0.2) is 11.5 Å². The molecule has 154 valence electrons. The first-order valence-electron chi connectivity index (χ1n) is 10.2. The molecular formula is C23H22BrN3O3. The van der Waals surface area contributed by atoms with Crippen molar-refractivity contribution < 1.29 is 14.3 Å². The molecule has 6 nitrogen and oxygen atoms in total. The Bertz CT molecular complexity index is 1150. The number of fused-ring (bicyclic) bond motifs is 3. The maximum Gasteiger partial charge on any atom is 0.256 e. The number of nitrogens with zero attached hydrogens (tertiary/aromatic N) is 2. The number of anilines is 1. The summed E-state index contributed by atoms with van der Waals surface area (Å²) in [5.41, 5.74) is 4.25. The summed E-state index contributed by atoms with van der Waals surface area (Å²) < 4.78 is 12.1. The summed E-state index contributed by atoms with van der Waals surface area (Å²) in [7, 11) is 0. The first-order chi connectivity index (χ1) is 14.6. The van der Waals surface area contributed by atoms with Crippen LogP contribution in [0.15, 0.2) is 40.9 Å². The number of likely N-dealkylation sites (N-methyl/N-ethyl adjacent to an activating group) is 1. The fourth-order valence-electron chi connectivity index (χ4n) is 4.12. The molecule has 30 heavy (non-hydrogen) atoms. The number of carbonyl (C=O) groups excluding carboxylic acids is 1. The van der Waals surface area contributed by atoms with Crippen molar-refractivity contribution in [1.82, 2.24) is 9.88 Å². The highest BCUT2D eigenvalue weighted by atomic mass is 79.9. The van der Waals surface area contributed by atoms with Crippen LogP contribution in [-0.4, -0.2) is 42.1 Å². The molecule has 1 amide bonds. The lowest BCUT2D eigenvalue weighted by atomic mass is 9.95. The number of halogens is 1. The highest BCUT2D eigenvalue weighted by molar-refractivity contribution is 9.10. The molecule has 0 atom stereocenters. The van der Waals surface area contributed by atoms with Crippen molar-refractivity contribution in [3.8, 4) is 11.5 Å². The van der Waals surface area contributed by atoms with Crippen LogP contribution in [0.5, 0.6) is 11.5 Å². The molecule has 3 heterocycles. The maximum atomic E-state index is 13.6. The van der Waals surface area contributed by atoms with Crippen LogP contribution in [0.4, 0.5) is 5.69 Å². The number of aromatic nitrogens is 1. The molecule has 2 aliphatic rings. The zero-order chi connectivity index (χ0) is 20.7. The van der Waals surface area contributed by atoms with Gasteiger partial charge in [-0.25, -0.2) is 0 Å². The lowest BCUT2D eigenvalue weighted by Gasteiger charge is -2.29. The Hall–Kier alpha value is -2.64. The van der Waals surface area contributed by atoms with Crippen LogP contribution in [0.3, 0.4) is 0 Å². The number of carbonyl (C=O) groups is 1. The van der Waals surface area contributed by atoms with Gasteiger partial charge in [0, 0.05) is 52.8 Å². The standard InChI is InChI=1S/C23H22BrN3O3/c1-2-27-8-7-18-15(13-27)22(14-5-3-4-6-17(14)25-18)23(28)26-19-12-21-20(11-16(19)24)29-9-10-30-21/h3-6,11-12H,2,7-10,13H2,1H3,(H,26,28). The smallest absolute Gasteiger partial charge is 0.256 e. The monoisotopic (exact) mass is 467 g/mol. The highest BCUT2D eigenvalue weighted by Gasteiger charge is 2.26. The molecule has 0 saturated carbocycles. The van der Waals surface area contributed by atoms with E-state index in [1.54, 1.807) is 0 Å². The summed E-state index contributed by atoms with van der Waals surface area (Å²) in [6.45, 7) is 5.80. The lowest BCUT2D eigenvalue weighted by Crippen LogP contribution is -2.33. The van der Waals surface area contributed by atoms with Crippen molar-refractivity contribution >= 4 is 38.4 Å². The van der Waals surface area contributed by atoms with E-state index >= 15 is 0 Å². The van der Waals surface area contributed by atoms with E-state index in [9.17, 15) is 4.79 Å². The third-order valence-electron chi connectivity index (χ3n) is 5.68. The van der Waals surface area contributed by atoms with Crippen LogP contribution in [0.25, 0.3) is 10.9 Å². The highest BCUT2D eigenvalue weighted by Crippen LogP contribution is 2.38. The number of pyridine rings is 1. The summed E-state index contributed by atoms with van der Waals surface area (Å²) in [5, 5.41) is 3.96. The second kappa shape index (κ2) is 7.89. The molecule has 0 unspecified atom stereocenters. The molecular weight excluding hydrogens is 446 g/mol. The van der Waals surface area contributed by atoms with Gasteiger partial charge in [-0.05, 0) is 28.5 Å². The third-order valence-corrected chi connectivity index (χ3v) is 6.34. The van der Waals surface area contributed by atoms with Crippen LogP contribution in [-0.2, 0) is 13.0 Å². The van der Waals surface area contributed by atoms with Crippen LogP contribution in [0.2, 0.25) is 0 Å². The zero-order valence-corrected chi connectivity index (χ0v) is 18.3. The first-order valence-corrected chi connectivity index (χ1v) is 11.0. The Balaban J connectivity index is 1.58. The summed E-state index contributed by atoms with van der Waals surface area (Å²) in [6, 6.07) is 11.5. The Kier molecular flexibility index (Phi) is 5.08. The molecule has 2 aromatic carbocycles. The minimum atomic E-state index is -0.139. The summed E-state index contributed by atoms with van der Waals surface area (Å²) in [5.74, 6) is 1.18. The summed E-state index contributed by atoms with van der Waals surface area (Å²) >= 11 is 3.55. The van der Waals surface area contributed by atoms with Crippen LogP contribution < -0.4 is 14.8 Å². The first kappa shape index (κ1) is 19.3. The van der Waals surface area contributed by atoms with Crippen molar-refractivity contribution in [3.63, 3.8) is 0 Å². The SMILES string of the molecule is CCN1CCc2nc3ccccc3c(C(=O)Nc3cc4c(cc3Br)OCCO4)c2C1. The minimum absolute atomic E-state index is 0.139. The van der Waals surface area contributed by atoms with Crippen LogP contribution in [0, 0.1) is 0 Å². The number of ether oxygens (including phenoxy) is 2. The van der Waals surface area contributed by atoms with Gasteiger partial charge in [0.25, 0.3) is 5.91 Å². The molecule has 1 N–H and O–H groups in total. The second-order valence-corrected chi connectivity index (χ2v) is 8.33. The molecule has 0 aliphatic carbocycles. The van der Waals surface area contributed by atoms with Gasteiger partial charge in [0.1, 0.15) is 13.2 Å². The predicted octanol–water partition coefficient (Wildman–Crippen LogP) is 4.40. The average Bonchev–Trinajstić information content (AvgIpc) is 2.77. The van der Waals surface area contributed by atoms with Crippen molar-refractivity contribution in [2.75, 3.05) is 31.6 Å². The number of amides is 1. The predicted molar refractivity (Wildman–Crippen MR) is 119 cm³/mol. The Labute approximate surface area is 183 Å². The number of hydrogen-bond donors (Lipinski definition) is 1. The van der Waals surface area contributed by atoms with Gasteiger partial charge in [-0.1, -0.05) is 25.1 Å². The second-order valence-electron chi connectivity index (χ2n) is 7.48. The minimum Gasteiger partial charge on any atom is -0.486 e. The molecule has 0 fully saturated rings. The molecule has 0 saturated heterocycles. The third kappa shape index (κ3) is 3.42. The average molecular weight is 468 g/mol. The van der Waals surface area contributed by atoms with Gasteiger partial charge < -0.3 is 14.8 Å². The molecule has 0 bridgehead atoms. The van der Waals surface area contributed by atoms with Gasteiger partial charge in [0.05, 0.1) is 16.8 Å².